The number of hydrazine groups is 1. The minimum Gasteiger partial charge on any atom is -0.459 e. The molecule has 2 aliphatic rings. The number of rotatable bonds is 6. The molecule has 0 spiro atoms. The first kappa shape index (κ1) is 23.7. The van der Waals surface area contributed by atoms with Gasteiger partial charge < -0.3 is 19.4 Å². The molecule has 0 bridgehead atoms. The first-order valence-corrected chi connectivity index (χ1v) is 11.0. The number of hydrogen-bond donors (Lipinski definition) is 2. The van der Waals surface area contributed by atoms with Gasteiger partial charge in [0.2, 0.25) is 0 Å². The molecular formula is C21H24ClF3N4O4. The van der Waals surface area contributed by atoms with E-state index in [1.807, 2.05) is 6.07 Å². The maximum atomic E-state index is 12.5. The molecule has 1 aliphatic heterocycles. The van der Waals surface area contributed by atoms with E-state index in [4.69, 9.17) is 20.8 Å². The summed E-state index contributed by atoms with van der Waals surface area (Å²) in [5.41, 5.74) is 3.35. The van der Waals surface area contributed by atoms with Gasteiger partial charge in [0, 0.05) is 36.6 Å². The van der Waals surface area contributed by atoms with Crippen molar-refractivity contribution in [2.75, 3.05) is 32.8 Å². The van der Waals surface area contributed by atoms with Gasteiger partial charge in [0.05, 0.1) is 18.6 Å². The molecule has 0 unspecified atom stereocenters. The summed E-state index contributed by atoms with van der Waals surface area (Å²) in [5, 5.41) is 5.94. The summed E-state index contributed by atoms with van der Waals surface area (Å²) in [5.74, 6) is -1.15. The highest BCUT2D eigenvalue weighted by atomic mass is 35.5. The Morgan fingerprint density at radius 3 is 2.58 bits per heavy atom. The topological polar surface area (TPSA) is 87.0 Å². The van der Waals surface area contributed by atoms with Crippen molar-refractivity contribution in [3.63, 3.8) is 0 Å². The Balaban J connectivity index is 1.13. The number of alkyl halides is 3. The van der Waals surface area contributed by atoms with Gasteiger partial charge in [-0.1, -0.05) is 11.6 Å². The monoisotopic (exact) mass is 488 g/mol. The number of ether oxygens (including phenoxy) is 1. The molecule has 1 aromatic heterocycles. The third kappa shape index (κ3) is 6.10. The zero-order valence-corrected chi connectivity index (χ0v) is 18.4. The van der Waals surface area contributed by atoms with Crippen molar-refractivity contribution in [1.29, 1.82) is 0 Å². The molecule has 3 amide bonds. The summed E-state index contributed by atoms with van der Waals surface area (Å²) in [6.45, 7) is 1.58. The Hall–Kier alpha value is -2.50. The van der Waals surface area contributed by atoms with Gasteiger partial charge in [-0.15, -0.1) is 0 Å². The van der Waals surface area contributed by atoms with Crippen LogP contribution in [-0.4, -0.2) is 66.9 Å². The van der Waals surface area contributed by atoms with E-state index < -0.39 is 24.1 Å². The Morgan fingerprint density at radius 1 is 1.15 bits per heavy atom. The predicted octanol–water partition coefficient (Wildman–Crippen LogP) is 3.30. The minimum absolute atomic E-state index is 0.105. The van der Waals surface area contributed by atoms with E-state index >= 15 is 0 Å². The fourth-order valence-electron chi connectivity index (χ4n) is 3.82. The Morgan fingerprint density at radius 2 is 1.88 bits per heavy atom. The molecular weight excluding hydrogens is 465 g/mol. The van der Waals surface area contributed by atoms with E-state index in [1.54, 1.807) is 28.1 Å². The standard InChI is InChI=1S/C21H24ClF3N4O4/c22-15-1-2-18-13(7-15)8-17(33-18)11-26-20(31)28-3-5-29(6-4-28)27-19(30)12-32-16-9-14(10-16)21(23,24)25/h1-2,7-8,14,16H,3-6,9-12H2,(H,26,31)(H,27,30). The van der Waals surface area contributed by atoms with E-state index in [-0.39, 0.29) is 32.0 Å². The third-order valence-electron chi connectivity index (χ3n) is 5.80. The lowest BCUT2D eigenvalue weighted by atomic mass is 9.82. The van der Waals surface area contributed by atoms with Crippen molar-refractivity contribution in [3.05, 3.63) is 35.0 Å². The number of benzene rings is 1. The van der Waals surface area contributed by atoms with E-state index in [0.717, 1.165) is 5.39 Å². The quantitative estimate of drug-likeness (QED) is 0.651. The van der Waals surface area contributed by atoms with Crippen LogP contribution in [0.25, 0.3) is 11.0 Å². The average Bonchev–Trinajstić information content (AvgIpc) is 3.12. The maximum Gasteiger partial charge on any atom is 0.392 e. The number of carbonyl (C=O) groups excluding carboxylic acids is 2. The number of carbonyl (C=O) groups is 2. The molecule has 1 aromatic carbocycles. The van der Waals surface area contributed by atoms with Crippen molar-refractivity contribution in [2.45, 2.75) is 31.7 Å². The van der Waals surface area contributed by atoms with Crippen molar-refractivity contribution in [1.82, 2.24) is 20.7 Å². The summed E-state index contributed by atoms with van der Waals surface area (Å²) in [6, 6.07) is 6.87. The molecule has 180 valence electrons. The Labute approximate surface area is 192 Å². The van der Waals surface area contributed by atoms with Crippen LogP contribution in [0.4, 0.5) is 18.0 Å². The summed E-state index contributed by atoms with van der Waals surface area (Å²) in [6.07, 6.45) is -4.95. The summed E-state index contributed by atoms with van der Waals surface area (Å²) < 4.78 is 48.4. The molecule has 8 nitrogen and oxygen atoms in total. The number of urea groups is 1. The van der Waals surface area contributed by atoms with Crippen LogP contribution in [0.15, 0.2) is 28.7 Å². The van der Waals surface area contributed by atoms with E-state index in [2.05, 4.69) is 10.7 Å². The summed E-state index contributed by atoms with van der Waals surface area (Å²) >= 11 is 5.97. The molecule has 4 rings (SSSR count). The highest BCUT2D eigenvalue weighted by molar-refractivity contribution is 6.31. The number of nitrogens with one attached hydrogen (secondary N) is 2. The number of amides is 3. The largest absolute Gasteiger partial charge is 0.459 e. The maximum absolute atomic E-state index is 12.5. The number of nitrogens with zero attached hydrogens (tertiary/aromatic N) is 2. The fraction of sp³-hybridized carbons (Fsp3) is 0.524. The predicted molar refractivity (Wildman–Crippen MR) is 113 cm³/mol. The van der Waals surface area contributed by atoms with Gasteiger partial charge in [-0.2, -0.15) is 13.2 Å². The molecule has 33 heavy (non-hydrogen) atoms. The second-order valence-corrected chi connectivity index (χ2v) is 8.64. The van der Waals surface area contributed by atoms with Crippen molar-refractivity contribution < 1.29 is 31.9 Å². The average molecular weight is 489 g/mol. The molecule has 1 saturated heterocycles. The zero-order valence-electron chi connectivity index (χ0n) is 17.7. The van der Waals surface area contributed by atoms with Crippen LogP contribution < -0.4 is 10.7 Å². The van der Waals surface area contributed by atoms with Crippen LogP contribution in [0.5, 0.6) is 0 Å². The van der Waals surface area contributed by atoms with Crippen molar-refractivity contribution in [3.8, 4) is 0 Å². The van der Waals surface area contributed by atoms with Gasteiger partial charge in [-0.25, -0.2) is 9.80 Å². The molecule has 0 atom stereocenters. The lowest BCUT2D eigenvalue weighted by Crippen LogP contribution is -2.57. The lowest BCUT2D eigenvalue weighted by molar-refractivity contribution is -0.219. The highest BCUT2D eigenvalue weighted by Gasteiger charge is 2.48. The summed E-state index contributed by atoms with van der Waals surface area (Å²) in [7, 11) is 0. The molecule has 2 heterocycles. The van der Waals surface area contributed by atoms with Gasteiger partial charge in [0.1, 0.15) is 18.0 Å². The van der Waals surface area contributed by atoms with E-state index in [9.17, 15) is 22.8 Å². The van der Waals surface area contributed by atoms with Crippen molar-refractivity contribution >= 4 is 34.5 Å². The lowest BCUT2D eigenvalue weighted by Gasteiger charge is -2.36. The minimum atomic E-state index is -4.20. The molecule has 0 radical (unpaired) electrons. The van der Waals surface area contributed by atoms with Gasteiger partial charge in [0.15, 0.2) is 0 Å². The fourth-order valence-corrected chi connectivity index (χ4v) is 4.00. The van der Waals surface area contributed by atoms with Gasteiger partial charge in [0.25, 0.3) is 5.91 Å². The Kier molecular flexibility index (Phi) is 7.01. The second kappa shape index (κ2) is 9.78. The highest BCUT2D eigenvalue weighted by Crippen LogP contribution is 2.42. The molecule has 2 aromatic rings. The smallest absolute Gasteiger partial charge is 0.392 e. The van der Waals surface area contributed by atoms with Crippen molar-refractivity contribution in [2.24, 2.45) is 5.92 Å². The number of piperazine rings is 1. The number of furan rings is 1. The van der Waals surface area contributed by atoms with Crippen LogP contribution >= 0.6 is 11.6 Å². The number of hydrogen-bond acceptors (Lipinski definition) is 5. The Bertz CT molecular complexity index is 1000. The second-order valence-electron chi connectivity index (χ2n) is 8.21. The van der Waals surface area contributed by atoms with Gasteiger partial charge >= 0.3 is 12.2 Å². The molecule has 2 N–H and O–H groups in total. The normalized spacial score (nSPS) is 21.6. The SMILES string of the molecule is O=C(COC1CC(C(F)(F)F)C1)NN1CCN(C(=O)NCc2cc3cc(Cl)ccc3o2)CC1. The molecule has 1 saturated carbocycles. The van der Waals surface area contributed by atoms with Crippen LogP contribution in [0.3, 0.4) is 0 Å². The van der Waals surface area contributed by atoms with Gasteiger partial charge in [-0.3, -0.25) is 10.2 Å². The van der Waals surface area contributed by atoms with Crippen LogP contribution in [0.1, 0.15) is 18.6 Å². The van der Waals surface area contributed by atoms with Crippen LogP contribution in [-0.2, 0) is 16.1 Å². The van der Waals surface area contributed by atoms with Crippen LogP contribution in [0, 0.1) is 5.92 Å². The van der Waals surface area contributed by atoms with E-state index in [0.29, 0.717) is 42.5 Å². The third-order valence-corrected chi connectivity index (χ3v) is 6.04. The molecule has 1 aliphatic carbocycles. The molecule has 2 fully saturated rings. The first-order valence-electron chi connectivity index (χ1n) is 10.6. The number of halogens is 4. The zero-order chi connectivity index (χ0) is 23.6. The van der Waals surface area contributed by atoms with Crippen LogP contribution in [0.2, 0.25) is 5.02 Å². The van der Waals surface area contributed by atoms with Gasteiger partial charge in [-0.05, 0) is 37.1 Å². The van der Waals surface area contributed by atoms with E-state index in [1.165, 1.54) is 0 Å². The molecule has 12 heteroatoms. The first-order chi connectivity index (χ1) is 15.7. The summed E-state index contributed by atoms with van der Waals surface area (Å²) in [4.78, 5) is 26.1. The number of fused-ring (bicyclic) bond motifs is 1.